The van der Waals surface area contributed by atoms with Crippen molar-refractivity contribution in [3.05, 3.63) is 24.3 Å². The zero-order chi connectivity index (χ0) is 17.1. The molecule has 0 aromatic heterocycles. The van der Waals surface area contributed by atoms with E-state index >= 15 is 0 Å². The molecule has 1 aromatic carbocycles. The maximum Gasteiger partial charge on any atom is 0.227 e. The van der Waals surface area contributed by atoms with Crippen molar-refractivity contribution in [2.45, 2.75) is 49.1 Å². The van der Waals surface area contributed by atoms with E-state index in [1.165, 1.54) is 0 Å². The predicted octanol–water partition coefficient (Wildman–Crippen LogP) is 2.18. The number of anilines is 1. The first kappa shape index (κ1) is 17.3. The largest absolute Gasteiger partial charge is 0.393 e. The Morgan fingerprint density at radius 3 is 2.50 bits per heavy atom. The van der Waals surface area contributed by atoms with E-state index in [9.17, 15) is 14.7 Å². The number of nitrogens with zero attached hydrogens (tertiary/aromatic N) is 1. The number of hydrogen-bond acceptors (Lipinski definition) is 4. The smallest absolute Gasteiger partial charge is 0.227 e. The quantitative estimate of drug-likeness (QED) is 0.819. The first-order chi connectivity index (χ1) is 11.6. The molecular weight excluding hydrogens is 324 g/mol. The van der Waals surface area contributed by atoms with Gasteiger partial charge in [0.1, 0.15) is 0 Å². The molecule has 0 spiro atoms. The number of thioether (sulfide) groups is 1. The lowest BCUT2D eigenvalue weighted by atomic mass is 9.92. The lowest BCUT2D eigenvalue weighted by Gasteiger charge is -2.27. The van der Waals surface area contributed by atoms with Crippen molar-refractivity contribution in [2.75, 3.05) is 17.7 Å². The Hall–Kier alpha value is -1.53. The van der Waals surface area contributed by atoms with Crippen LogP contribution in [0.4, 0.5) is 5.69 Å². The van der Waals surface area contributed by atoms with E-state index in [4.69, 9.17) is 0 Å². The molecule has 1 saturated carbocycles. The summed E-state index contributed by atoms with van der Waals surface area (Å²) in [6.45, 7) is 0.443. The van der Waals surface area contributed by atoms with Gasteiger partial charge in [-0.2, -0.15) is 0 Å². The SMILES string of the molecule is CSc1ccc(N2CC(C(=O)NC3CCC(O)CC3)CC2=O)cc1. The van der Waals surface area contributed by atoms with E-state index in [-0.39, 0.29) is 36.3 Å². The summed E-state index contributed by atoms with van der Waals surface area (Å²) in [7, 11) is 0. The Kier molecular flexibility index (Phi) is 5.46. The topological polar surface area (TPSA) is 69.6 Å². The summed E-state index contributed by atoms with van der Waals surface area (Å²) in [6.07, 6.45) is 5.16. The first-order valence-corrected chi connectivity index (χ1v) is 9.72. The van der Waals surface area contributed by atoms with Crippen LogP contribution in [0.1, 0.15) is 32.1 Å². The van der Waals surface area contributed by atoms with Crippen LogP contribution in [0.5, 0.6) is 0 Å². The van der Waals surface area contributed by atoms with Crippen LogP contribution in [-0.4, -0.2) is 41.9 Å². The second-order valence-corrected chi connectivity index (χ2v) is 7.50. The maximum absolute atomic E-state index is 12.5. The third-order valence-electron chi connectivity index (χ3n) is 4.92. The van der Waals surface area contributed by atoms with Gasteiger partial charge in [-0.3, -0.25) is 9.59 Å². The van der Waals surface area contributed by atoms with E-state index in [0.29, 0.717) is 6.54 Å². The highest BCUT2D eigenvalue weighted by molar-refractivity contribution is 7.98. The molecule has 1 aliphatic carbocycles. The second-order valence-electron chi connectivity index (χ2n) is 6.62. The van der Waals surface area contributed by atoms with Gasteiger partial charge in [-0.25, -0.2) is 0 Å². The van der Waals surface area contributed by atoms with Gasteiger partial charge in [-0.15, -0.1) is 11.8 Å². The molecule has 130 valence electrons. The fraction of sp³-hybridized carbons (Fsp3) is 0.556. The Morgan fingerprint density at radius 2 is 1.88 bits per heavy atom. The fourth-order valence-electron chi connectivity index (χ4n) is 3.43. The van der Waals surface area contributed by atoms with Gasteiger partial charge in [0.05, 0.1) is 12.0 Å². The van der Waals surface area contributed by atoms with Gasteiger partial charge >= 0.3 is 0 Å². The van der Waals surface area contributed by atoms with E-state index in [0.717, 1.165) is 36.3 Å². The molecule has 1 saturated heterocycles. The van der Waals surface area contributed by atoms with Crippen LogP contribution in [0.15, 0.2) is 29.2 Å². The molecule has 2 N–H and O–H groups in total. The molecule has 1 unspecified atom stereocenters. The summed E-state index contributed by atoms with van der Waals surface area (Å²) in [5, 5.41) is 12.6. The molecule has 24 heavy (non-hydrogen) atoms. The summed E-state index contributed by atoms with van der Waals surface area (Å²) in [5.74, 6) is -0.316. The molecule has 3 rings (SSSR count). The van der Waals surface area contributed by atoms with Crippen LogP contribution < -0.4 is 10.2 Å². The first-order valence-electron chi connectivity index (χ1n) is 8.49. The maximum atomic E-state index is 12.5. The zero-order valence-electron chi connectivity index (χ0n) is 13.9. The van der Waals surface area contributed by atoms with Gasteiger partial charge in [-0.05, 0) is 56.2 Å². The third-order valence-corrected chi connectivity index (χ3v) is 5.67. The number of aliphatic hydroxyl groups excluding tert-OH is 1. The number of nitrogens with one attached hydrogen (secondary N) is 1. The van der Waals surface area contributed by atoms with E-state index < -0.39 is 0 Å². The van der Waals surface area contributed by atoms with Gasteiger partial charge < -0.3 is 15.3 Å². The molecule has 2 aliphatic rings. The lowest BCUT2D eigenvalue weighted by Crippen LogP contribution is -2.42. The molecule has 1 heterocycles. The normalized spacial score (nSPS) is 27.3. The number of rotatable bonds is 4. The van der Waals surface area contributed by atoms with Crippen molar-refractivity contribution in [3.63, 3.8) is 0 Å². The number of benzene rings is 1. The average molecular weight is 348 g/mol. The monoisotopic (exact) mass is 348 g/mol. The Morgan fingerprint density at radius 1 is 1.21 bits per heavy atom. The van der Waals surface area contributed by atoms with Crippen molar-refractivity contribution in [1.82, 2.24) is 5.32 Å². The van der Waals surface area contributed by atoms with Crippen molar-refractivity contribution >= 4 is 29.3 Å². The second kappa shape index (κ2) is 7.57. The molecule has 0 bridgehead atoms. The molecule has 5 nitrogen and oxygen atoms in total. The van der Waals surface area contributed by atoms with Gasteiger partial charge in [0, 0.05) is 29.6 Å². The van der Waals surface area contributed by atoms with Crippen LogP contribution >= 0.6 is 11.8 Å². The average Bonchev–Trinajstić information content (AvgIpc) is 2.99. The van der Waals surface area contributed by atoms with E-state index in [1.807, 2.05) is 30.5 Å². The number of amides is 2. The highest BCUT2D eigenvalue weighted by Crippen LogP contribution is 2.27. The zero-order valence-corrected chi connectivity index (χ0v) is 14.7. The van der Waals surface area contributed by atoms with Crippen LogP contribution in [0, 0.1) is 5.92 Å². The Bertz CT molecular complexity index is 597. The third kappa shape index (κ3) is 3.92. The van der Waals surface area contributed by atoms with Gasteiger partial charge in [0.25, 0.3) is 0 Å². The fourth-order valence-corrected chi connectivity index (χ4v) is 3.84. The van der Waals surface area contributed by atoms with Gasteiger partial charge in [0.15, 0.2) is 0 Å². The van der Waals surface area contributed by atoms with Crippen LogP contribution in [-0.2, 0) is 9.59 Å². The molecular formula is C18H24N2O3S. The number of carbonyl (C=O) groups is 2. The van der Waals surface area contributed by atoms with Crippen LogP contribution in [0.2, 0.25) is 0 Å². The van der Waals surface area contributed by atoms with Crippen LogP contribution in [0.25, 0.3) is 0 Å². The Labute approximate surface area is 146 Å². The van der Waals surface area contributed by atoms with E-state index in [1.54, 1.807) is 16.7 Å². The standard InChI is InChI=1S/C18H24N2O3S/c1-24-16-8-4-14(5-9-16)20-11-12(10-17(20)22)18(23)19-13-2-6-15(21)7-3-13/h4-5,8-9,12-13,15,21H,2-3,6-7,10-11H2,1H3,(H,19,23). The summed E-state index contributed by atoms with van der Waals surface area (Å²) in [4.78, 5) is 27.6. The molecule has 1 atom stereocenters. The van der Waals surface area contributed by atoms with Crippen molar-refractivity contribution in [3.8, 4) is 0 Å². The van der Waals surface area contributed by atoms with Crippen molar-refractivity contribution < 1.29 is 14.7 Å². The minimum absolute atomic E-state index is 0.00566. The number of carbonyl (C=O) groups excluding carboxylic acids is 2. The molecule has 6 heteroatoms. The number of hydrogen-bond donors (Lipinski definition) is 2. The summed E-state index contributed by atoms with van der Waals surface area (Å²) < 4.78 is 0. The molecule has 2 fully saturated rings. The lowest BCUT2D eigenvalue weighted by molar-refractivity contribution is -0.127. The minimum Gasteiger partial charge on any atom is -0.393 e. The molecule has 2 amide bonds. The van der Waals surface area contributed by atoms with Gasteiger partial charge in [0.2, 0.25) is 11.8 Å². The van der Waals surface area contributed by atoms with Crippen LogP contribution in [0.3, 0.4) is 0 Å². The molecule has 1 aliphatic heterocycles. The molecule has 0 radical (unpaired) electrons. The highest BCUT2D eigenvalue weighted by atomic mass is 32.2. The molecule has 1 aromatic rings. The van der Waals surface area contributed by atoms with Crippen molar-refractivity contribution in [1.29, 1.82) is 0 Å². The van der Waals surface area contributed by atoms with Gasteiger partial charge in [-0.1, -0.05) is 0 Å². The Balaban J connectivity index is 1.58. The van der Waals surface area contributed by atoms with Crippen molar-refractivity contribution in [2.24, 2.45) is 5.92 Å². The highest BCUT2D eigenvalue weighted by Gasteiger charge is 2.36. The van der Waals surface area contributed by atoms with E-state index in [2.05, 4.69) is 5.32 Å². The minimum atomic E-state index is -0.287. The summed E-state index contributed by atoms with van der Waals surface area (Å²) in [5.41, 5.74) is 0.855. The summed E-state index contributed by atoms with van der Waals surface area (Å²) >= 11 is 1.66. The predicted molar refractivity (Wildman–Crippen MR) is 95.1 cm³/mol. The summed E-state index contributed by atoms with van der Waals surface area (Å²) in [6, 6.07) is 7.99. The number of aliphatic hydroxyl groups is 1.